The van der Waals surface area contributed by atoms with Crippen LogP contribution in [0.2, 0.25) is 0 Å². The van der Waals surface area contributed by atoms with Gasteiger partial charge in [0.1, 0.15) is 0 Å². The summed E-state index contributed by atoms with van der Waals surface area (Å²) in [4.78, 5) is 45.8. The number of Topliss-reactive ketones (excluding diaryl/α,β-unsaturated/α-hetero) is 1. The van der Waals surface area contributed by atoms with Crippen molar-refractivity contribution in [3.05, 3.63) is 0 Å². The molecule has 0 saturated heterocycles. The molecule has 186 valence electrons. The Morgan fingerprint density at radius 3 is 1.81 bits per heavy atom. The number of primary amides is 1. The molecule has 0 heterocycles. The summed E-state index contributed by atoms with van der Waals surface area (Å²) in [6.07, 6.45) is 2.11. The summed E-state index contributed by atoms with van der Waals surface area (Å²) in [5, 5.41) is 13.2. The number of likely N-dealkylation sites (N-methyl/N-ethyl adjacent to an activating group) is 2. The Morgan fingerprint density at radius 2 is 1.42 bits per heavy atom. The zero-order valence-corrected chi connectivity index (χ0v) is 21.1. The lowest BCUT2D eigenvalue weighted by atomic mass is 10.1. The third kappa shape index (κ3) is 25.8. The topological polar surface area (TPSA) is 154 Å². The molecule has 10 nitrogen and oxygen atoms in total. The predicted molar refractivity (Wildman–Crippen MR) is 128 cm³/mol. The summed E-state index contributed by atoms with van der Waals surface area (Å²) in [5.41, 5.74) is 4.94. The second-order valence-electron chi connectivity index (χ2n) is 5.99. The monoisotopic (exact) mass is 448 g/mol. The Bertz CT molecular complexity index is 461. The van der Waals surface area contributed by atoms with E-state index in [9.17, 15) is 19.2 Å². The number of nitrogens with two attached hydrogens (primary N) is 1. The van der Waals surface area contributed by atoms with Gasteiger partial charge in [0.2, 0.25) is 11.8 Å². The van der Waals surface area contributed by atoms with E-state index in [1.807, 2.05) is 27.7 Å². The molecule has 0 rings (SSSR count). The second kappa shape index (κ2) is 27.8. The third-order valence-electron chi connectivity index (χ3n) is 3.29. The molecule has 7 N–H and O–H groups in total. The van der Waals surface area contributed by atoms with Gasteiger partial charge >= 0.3 is 6.03 Å². The summed E-state index contributed by atoms with van der Waals surface area (Å²) >= 11 is 0. The summed E-state index contributed by atoms with van der Waals surface area (Å²) in [7, 11) is 3.36. The lowest BCUT2D eigenvalue weighted by Crippen LogP contribution is -2.51. The van der Waals surface area contributed by atoms with Crippen molar-refractivity contribution in [3.8, 4) is 0 Å². The molecule has 10 heteroatoms. The van der Waals surface area contributed by atoms with E-state index in [2.05, 4.69) is 40.4 Å². The molecule has 2 atom stereocenters. The zero-order chi connectivity index (χ0) is 25.2. The van der Waals surface area contributed by atoms with E-state index in [4.69, 9.17) is 5.73 Å². The van der Waals surface area contributed by atoms with Gasteiger partial charge in [-0.2, -0.15) is 0 Å². The standard InChI is InChI=1S/C14H28N6O4.C3H8.2C2H6/c1-9(21)10(5-4-6-18-14(15)24)20-12(22)8-19-13(23)11(17-3)7-16-2;1-3-2;2*1-2/h10-11,16-17H,4-8H2,1-3H3,(H,19,23)(H,20,22)(H3,15,18,24);3H2,1-2H3;2*1-2H3. The predicted octanol–water partition coefficient (Wildman–Crippen LogP) is 0.901. The fraction of sp³-hybridized carbons (Fsp3) is 0.810. The van der Waals surface area contributed by atoms with Gasteiger partial charge in [-0.25, -0.2) is 4.79 Å². The molecule has 0 aromatic heterocycles. The highest BCUT2D eigenvalue weighted by Gasteiger charge is 2.19. The number of nitrogens with one attached hydrogen (secondary N) is 5. The quantitative estimate of drug-likeness (QED) is 0.244. The highest BCUT2D eigenvalue weighted by atomic mass is 16.2. The SMILES string of the molecule is CC.CC.CCC.CNCC(NC)C(=O)NCC(=O)NC(CCCNC(N)=O)C(C)=O. The summed E-state index contributed by atoms with van der Waals surface area (Å²) in [5.74, 6) is -0.963. The number of carbonyl (C=O) groups is 4. The molecule has 0 aromatic rings. The second-order valence-corrected chi connectivity index (χ2v) is 5.99. The molecule has 0 aliphatic rings. The van der Waals surface area contributed by atoms with Gasteiger partial charge in [-0.1, -0.05) is 48.0 Å². The molecule has 0 spiro atoms. The van der Waals surface area contributed by atoms with Crippen LogP contribution in [0.4, 0.5) is 4.79 Å². The van der Waals surface area contributed by atoms with E-state index in [0.29, 0.717) is 25.9 Å². The molecule has 31 heavy (non-hydrogen) atoms. The van der Waals surface area contributed by atoms with Crippen LogP contribution in [0.15, 0.2) is 0 Å². The van der Waals surface area contributed by atoms with Crippen molar-refractivity contribution < 1.29 is 19.2 Å². The zero-order valence-electron chi connectivity index (χ0n) is 21.1. The average Bonchev–Trinajstić information content (AvgIpc) is 2.75. The van der Waals surface area contributed by atoms with E-state index >= 15 is 0 Å². The molecule has 0 fully saturated rings. The Hall–Kier alpha value is -2.20. The Balaban J connectivity index is -0.000000463. The number of hydrogen-bond donors (Lipinski definition) is 6. The van der Waals surface area contributed by atoms with Gasteiger partial charge in [0.15, 0.2) is 5.78 Å². The van der Waals surface area contributed by atoms with Crippen molar-refractivity contribution in [1.29, 1.82) is 0 Å². The first-order valence-corrected chi connectivity index (χ1v) is 11.2. The number of hydrogen-bond acceptors (Lipinski definition) is 6. The van der Waals surface area contributed by atoms with E-state index in [1.54, 1.807) is 14.1 Å². The van der Waals surface area contributed by atoms with Gasteiger partial charge in [0, 0.05) is 13.1 Å². The van der Waals surface area contributed by atoms with Crippen LogP contribution in [0.1, 0.15) is 67.7 Å². The van der Waals surface area contributed by atoms with Crippen LogP contribution < -0.4 is 32.3 Å². The molecule has 0 aliphatic heterocycles. The molecule has 0 aromatic carbocycles. The minimum atomic E-state index is -0.665. The molecule has 0 aliphatic carbocycles. The first-order chi connectivity index (χ1) is 14.7. The molecule has 4 amide bonds. The minimum Gasteiger partial charge on any atom is -0.352 e. The van der Waals surface area contributed by atoms with Crippen LogP contribution in [-0.2, 0) is 14.4 Å². The largest absolute Gasteiger partial charge is 0.352 e. The van der Waals surface area contributed by atoms with E-state index < -0.39 is 24.0 Å². The maximum Gasteiger partial charge on any atom is 0.312 e. The van der Waals surface area contributed by atoms with Gasteiger partial charge in [0.05, 0.1) is 18.6 Å². The fourth-order valence-corrected chi connectivity index (χ4v) is 1.96. The maximum atomic E-state index is 11.9. The molecule has 0 radical (unpaired) electrons. The van der Waals surface area contributed by atoms with Gasteiger partial charge < -0.3 is 32.3 Å². The molecule has 0 bridgehead atoms. The summed E-state index contributed by atoms with van der Waals surface area (Å²) in [6.45, 7) is 14.1. The van der Waals surface area contributed by atoms with Crippen molar-refractivity contribution in [3.63, 3.8) is 0 Å². The van der Waals surface area contributed by atoms with Crippen molar-refractivity contribution in [2.24, 2.45) is 5.73 Å². The Morgan fingerprint density at radius 1 is 0.903 bits per heavy atom. The molecular formula is C21H48N6O4. The lowest BCUT2D eigenvalue weighted by Gasteiger charge is -2.18. The van der Waals surface area contributed by atoms with Gasteiger partial charge in [-0.3, -0.25) is 14.4 Å². The Kier molecular flexibility index (Phi) is 32.5. The smallest absolute Gasteiger partial charge is 0.312 e. The first kappa shape index (κ1) is 36.2. The van der Waals surface area contributed by atoms with Crippen molar-refractivity contribution in [2.75, 3.05) is 33.7 Å². The highest BCUT2D eigenvalue weighted by molar-refractivity contribution is 5.91. The van der Waals surface area contributed by atoms with E-state index in [-0.39, 0.29) is 18.2 Å². The van der Waals surface area contributed by atoms with Crippen molar-refractivity contribution in [1.82, 2.24) is 26.6 Å². The Labute approximate surface area is 189 Å². The fourth-order valence-electron chi connectivity index (χ4n) is 1.96. The number of carbonyl (C=O) groups excluding carboxylic acids is 4. The van der Waals surface area contributed by atoms with Crippen LogP contribution >= 0.6 is 0 Å². The molecule has 0 saturated carbocycles. The average molecular weight is 449 g/mol. The molecular weight excluding hydrogens is 400 g/mol. The first-order valence-electron chi connectivity index (χ1n) is 11.2. The number of ketones is 1. The van der Waals surface area contributed by atoms with Crippen molar-refractivity contribution in [2.45, 2.75) is 79.8 Å². The van der Waals surface area contributed by atoms with Gasteiger partial charge in [-0.05, 0) is 33.9 Å². The van der Waals surface area contributed by atoms with Crippen LogP contribution in [0.25, 0.3) is 0 Å². The minimum absolute atomic E-state index is 0.197. The number of urea groups is 1. The van der Waals surface area contributed by atoms with E-state index in [0.717, 1.165) is 0 Å². The summed E-state index contributed by atoms with van der Waals surface area (Å²) < 4.78 is 0. The van der Waals surface area contributed by atoms with Crippen LogP contribution in [0, 0.1) is 0 Å². The maximum absolute atomic E-state index is 11.9. The van der Waals surface area contributed by atoms with Gasteiger partial charge in [0.25, 0.3) is 0 Å². The van der Waals surface area contributed by atoms with E-state index in [1.165, 1.54) is 13.3 Å². The van der Waals surface area contributed by atoms with Crippen LogP contribution in [-0.4, -0.2) is 69.4 Å². The normalized spacial score (nSPS) is 10.9. The number of amides is 4. The third-order valence-corrected chi connectivity index (χ3v) is 3.29. The molecule has 2 unspecified atom stereocenters. The van der Waals surface area contributed by atoms with Crippen LogP contribution in [0.5, 0.6) is 0 Å². The van der Waals surface area contributed by atoms with Gasteiger partial charge in [-0.15, -0.1) is 0 Å². The van der Waals surface area contributed by atoms with Crippen molar-refractivity contribution >= 4 is 23.6 Å². The summed E-state index contributed by atoms with van der Waals surface area (Å²) in [6, 6.07) is -1.76. The van der Waals surface area contributed by atoms with Crippen LogP contribution in [0.3, 0.4) is 0 Å². The lowest BCUT2D eigenvalue weighted by molar-refractivity contribution is -0.129. The highest BCUT2D eigenvalue weighted by Crippen LogP contribution is 1.98. The number of rotatable bonds is 12.